The molecule has 21 heavy (non-hydrogen) atoms. The summed E-state index contributed by atoms with van der Waals surface area (Å²) in [6.45, 7) is 3.46. The van der Waals surface area contributed by atoms with Crippen molar-refractivity contribution in [2.75, 3.05) is 5.32 Å². The lowest BCUT2D eigenvalue weighted by Gasteiger charge is -1.97. The number of aromatic nitrogens is 3. The van der Waals surface area contributed by atoms with E-state index in [4.69, 9.17) is 8.94 Å². The molecule has 8 heteroatoms. The Kier molecular flexibility index (Phi) is 3.53. The fraction of sp³-hybridized carbons (Fsp3) is 0.231. The van der Waals surface area contributed by atoms with Gasteiger partial charge in [0.05, 0.1) is 17.0 Å². The van der Waals surface area contributed by atoms with Crippen molar-refractivity contribution >= 4 is 23.3 Å². The molecule has 0 radical (unpaired) electrons. The van der Waals surface area contributed by atoms with Crippen molar-refractivity contribution in [3.05, 3.63) is 34.8 Å². The Balaban J connectivity index is 1.71. The first-order valence-electron chi connectivity index (χ1n) is 6.22. The Hall–Kier alpha value is -2.48. The van der Waals surface area contributed by atoms with E-state index in [0.29, 0.717) is 23.2 Å². The summed E-state index contributed by atoms with van der Waals surface area (Å²) in [6.07, 6.45) is 0.0855. The van der Waals surface area contributed by atoms with Crippen LogP contribution in [0.25, 0.3) is 10.8 Å². The highest BCUT2D eigenvalue weighted by molar-refractivity contribution is 7.13. The lowest BCUT2D eigenvalue weighted by Crippen LogP contribution is -2.15. The van der Waals surface area contributed by atoms with Gasteiger partial charge in [0.2, 0.25) is 11.8 Å². The summed E-state index contributed by atoms with van der Waals surface area (Å²) < 4.78 is 10.4. The van der Waals surface area contributed by atoms with E-state index in [1.54, 1.807) is 13.8 Å². The molecule has 0 aliphatic rings. The Morgan fingerprint density at radius 3 is 2.90 bits per heavy atom. The molecule has 0 saturated carbocycles. The third-order valence-electron chi connectivity index (χ3n) is 2.73. The van der Waals surface area contributed by atoms with Gasteiger partial charge in [0.25, 0.3) is 0 Å². The summed E-state index contributed by atoms with van der Waals surface area (Å²) >= 11 is 1.53. The van der Waals surface area contributed by atoms with Crippen LogP contribution < -0.4 is 5.32 Å². The third kappa shape index (κ3) is 3.00. The predicted octanol–water partition coefficient (Wildman–Crippen LogP) is 2.58. The molecule has 3 rings (SSSR count). The largest absolute Gasteiger partial charge is 0.440 e. The van der Waals surface area contributed by atoms with E-state index in [1.807, 2.05) is 17.5 Å². The summed E-state index contributed by atoms with van der Waals surface area (Å²) in [7, 11) is 0. The number of carbonyl (C=O) groups is 1. The lowest BCUT2D eigenvalue weighted by atomic mass is 10.2. The molecule has 0 atom stereocenters. The number of nitrogens with one attached hydrogen (secondary N) is 1. The Labute approximate surface area is 124 Å². The standard InChI is InChI=1S/C13H12N4O3S/c1-7-9(15-12(19-7)10-4-3-5-21-10)6-11(18)16-13-14-8(2)17-20-13/h3-5H,6H2,1-2H3,(H,14,16,17,18). The number of oxazole rings is 1. The monoisotopic (exact) mass is 304 g/mol. The Bertz CT molecular complexity index is 760. The third-order valence-corrected chi connectivity index (χ3v) is 3.58. The lowest BCUT2D eigenvalue weighted by molar-refractivity contribution is -0.115. The van der Waals surface area contributed by atoms with E-state index in [-0.39, 0.29) is 18.3 Å². The van der Waals surface area contributed by atoms with Crippen molar-refractivity contribution in [1.29, 1.82) is 0 Å². The van der Waals surface area contributed by atoms with Crippen LogP contribution in [0.5, 0.6) is 0 Å². The number of anilines is 1. The minimum absolute atomic E-state index is 0.0807. The van der Waals surface area contributed by atoms with Crippen LogP contribution in [0.15, 0.2) is 26.5 Å². The topological polar surface area (TPSA) is 94.1 Å². The molecule has 3 aromatic heterocycles. The van der Waals surface area contributed by atoms with E-state index in [1.165, 1.54) is 11.3 Å². The van der Waals surface area contributed by atoms with E-state index in [2.05, 4.69) is 20.4 Å². The molecule has 0 aromatic carbocycles. The van der Waals surface area contributed by atoms with Crippen LogP contribution in [0, 0.1) is 13.8 Å². The van der Waals surface area contributed by atoms with Gasteiger partial charge in [-0.15, -0.1) is 11.3 Å². The highest BCUT2D eigenvalue weighted by Gasteiger charge is 2.16. The molecule has 0 aliphatic carbocycles. The normalized spacial score (nSPS) is 10.8. The highest BCUT2D eigenvalue weighted by atomic mass is 32.1. The molecule has 0 saturated heterocycles. The number of hydrogen-bond donors (Lipinski definition) is 1. The minimum atomic E-state index is -0.284. The molecule has 108 valence electrons. The average Bonchev–Trinajstić information content (AvgIpc) is 3.13. The molecule has 0 aliphatic heterocycles. The first kappa shape index (κ1) is 13.5. The van der Waals surface area contributed by atoms with Crippen LogP contribution in [0.2, 0.25) is 0 Å². The van der Waals surface area contributed by atoms with E-state index in [9.17, 15) is 4.79 Å². The number of carbonyl (C=O) groups excluding carboxylic acids is 1. The molecule has 0 bridgehead atoms. The average molecular weight is 304 g/mol. The van der Waals surface area contributed by atoms with Crippen LogP contribution in [-0.2, 0) is 11.2 Å². The second-order valence-electron chi connectivity index (χ2n) is 4.37. The molecule has 0 unspecified atom stereocenters. The summed E-state index contributed by atoms with van der Waals surface area (Å²) in [5, 5.41) is 8.07. The van der Waals surface area contributed by atoms with Gasteiger partial charge in [0.15, 0.2) is 5.82 Å². The van der Waals surface area contributed by atoms with Crippen molar-refractivity contribution in [3.63, 3.8) is 0 Å². The summed E-state index contributed by atoms with van der Waals surface area (Å²) in [6, 6.07) is 3.92. The van der Waals surface area contributed by atoms with Gasteiger partial charge in [-0.3, -0.25) is 10.1 Å². The van der Waals surface area contributed by atoms with Gasteiger partial charge >= 0.3 is 6.01 Å². The second kappa shape index (κ2) is 5.49. The zero-order valence-corrected chi connectivity index (χ0v) is 12.2. The van der Waals surface area contributed by atoms with Crippen LogP contribution in [0.1, 0.15) is 17.3 Å². The van der Waals surface area contributed by atoms with Crippen LogP contribution in [-0.4, -0.2) is 21.0 Å². The fourth-order valence-electron chi connectivity index (χ4n) is 1.76. The van der Waals surface area contributed by atoms with E-state index in [0.717, 1.165) is 4.88 Å². The smallest absolute Gasteiger partial charge is 0.328 e. The summed E-state index contributed by atoms with van der Waals surface area (Å²) in [5.41, 5.74) is 0.590. The van der Waals surface area contributed by atoms with Gasteiger partial charge < -0.3 is 8.94 Å². The molecule has 0 fully saturated rings. The predicted molar refractivity (Wildman–Crippen MR) is 75.9 cm³/mol. The summed E-state index contributed by atoms with van der Waals surface area (Å²) in [5.74, 6) is 1.32. The Morgan fingerprint density at radius 1 is 1.38 bits per heavy atom. The second-order valence-corrected chi connectivity index (χ2v) is 5.32. The van der Waals surface area contributed by atoms with Gasteiger partial charge in [-0.1, -0.05) is 11.2 Å². The number of amides is 1. The van der Waals surface area contributed by atoms with Gasteiger partial charge in [-0.25, -0.2) is 4.98 Å². The quantitative estimate of drug-likeness (QED) is 0.796. The van der Waals surface area contributed by atoms with Gasteiger partial charge in [-0.05, 0) is 25.3 Å². The molecule has 3 heterocycles. The van der Waals surface area contributed by atoms with Crippen LogP contribution in [0.4, 0.5) is 6.01 Å². The molecule has 3 aromatic rings. The van der Waals surface area contributed by atoms with Crippen molar-refractivity contribution in [2.45, 2.75) is 20.3 Å². The molecular formula is C13H12N4O3S. The van der Waals surface area contributed by atoms with Crippen molar-refractivity contribution in [1.82, 2.24) is 15.1 Å². The molecule has 7 nitrogen and oxygen atoms in total. The Morgan fingerprint density at radius 2 is 2.24 bits per heavy atom. The highest BCUT2D eigenvalue weighted by Crippen LogP contribution is 2.26. The zero-order chi connectivity index (χ0) is 14.8. The maximum Gasteiger partial charge on any atom is 0.328 e. The molecular weight excluding hydrogens is 292 g/mol. The van der Waals surface area contributed by atoms with Gasteiger partial charge in [-0.2, -0.15) is 4.98 Å². The number of thiophene rings is 1. The molecule has 1 N–H and O–H groups in total. The fourth-order valence-corrected chi connectivity index (χ4v) is 2.41. The van der Waals surface area contributed by atoms with Crippen LogP contribution >= 0.6 is 11.3 Å². The number of hydrogen-bond acceptors (Lipinski definition) is 7. The minimum Gasteiger partial charge on any atom is -0.440 e. The number of nitrogens with zero attached hydrogens (tertiary/aromatic N) is 3. The SMILES string of the molecule is Cc1noc(NC(=O)Cc2nc(-c3cccs3)oc2C)n1. The molecule has 0 spiro atoms. The van der Waals surface area contributed by atoms with Crippen molar-refractivity contribution < 1.29 is 13.7 Å². The maximum absolute atomic E-state index is 11.9. The summed E-state index contributed by atoms with van der Waals surface area (Å²) in [4.78, 5) is 21.1. The molecule has 1 amide bonds. The van der Waals surface area contributed by atoms with Crippen LogP contribution in [0.3, 0.4) is 0 Å². The van der Waals surface area contributed by atoms with Crippen molar-refractivity contribution in [3.8, 4) is 10.8 Å². The maximum atomic E-state index is 11.9. The number of aryl methyl sites for hydroxylation is 2. The van der Waals surface area contributed by atoms with E-state index < -0.39 is 0 Å². The van der Waals surface area contributed by atoms with Gasteiger partial charge in [0.1, 0.15) is 5.76 Å². The first-order valence-corrected chi connectivity index (χ1v) is 7.10. The first-order chi connectivity index (χ1) is 10.1. The zero-order valence-electron chi connectivity index (χ0n) is 11.4. The van der Waals surface area contributed by atoms with Crippen molar-refractivity contribution in [2.24, 2.45) is 0 Å². The van der Waals surface area contributed by atoms with Gasteiger partial charge in [0, 0.05) is 0 Å². The van der Waals surface area contributed by atoms with E-state index >= 15 is 0 Å². The number of rotatable bonds is 4.